The Balaban J connectivity index is 2.53. The normalized spacial score (nSPS) is 10.5. The summed E-state index contributed by atoms with van der Waals surface area (Å²) in [5, 5.41) is 10.9. The summed E-state index contributed by atoms with van der Waals surface area (Å²) >= 11 is 0. The van der Waals surface area contributed by atoms with Crippen LogP contribution in [-0.4, -0.2) is 44.4 Å². The lowest BCUT2D eigenvalue weighted by Crippen LogP contribution is -2.07. The lowest BCUT2D eigenvalue weighted by molar-refractivity contribution is -0.391. The maximum Gasteiger partial charge on any atom is 0.343 e. The Labute approximate surface area is 137 Å². The van der Waals surface area contributed by atoms with E-state index < -0.39 is 4.92 Å². The maximum absolute atomic E-state index is 11.2. The number of ether oxygens (including phenoxy) is 2. The van der Waals surface area contributed by atoms with Gasteiger partial charge in [0.15, 0.2) is 0 Å². The van der Waals surface area contributed by atoms with Gasteiger partial charge in [-0.15, -0.1) is 0 Å². The van der Waals surface area contributed by atoms with Crippen molar-refractivity contribution < 1.29 is 19.2 Å². The number of Topliss-reactive ketones (excluding diaryl/α,β-unsaturated/α-hetero) is 1. The molecule has 10 heteroatoms. The van der Waals surface area contributed by atoms with Crippen molar-refractivity contribution in [2.45, 2.75) is 19.8 Å². The topological polar surface area (TPSA) is 122 Å². The van der Waals surface area contributed by atoms with Crippen LogP contribution in [0.25, 0.3) is 11.6 Å². The molecule has 0 N–H and O–H groups in total. The van der Waals surface area contributed by atoms with Gasteiger partial charge in [-0.05, 0) is 18.3 Å². The summed E-state index contributed by atoms with van der Waals surface area (Å²) in [6.45, 7) is 1.49. The van der Waals surface area contributed by atoms with Crippen molar-refractivity contribution in [3.63, 3.8) is 0 Å². The minimum Gasteiger partial charge on any atom is -0.481 e. The molecule has 0 aromatic carbocycles. The van der Waals surface area contributed by atoms with Gasteiger partial charge in [-0.3, -0.25) is 0 Å². The van der Waals surface area contributed by atoms with Crippen molar-refractivity contribution >= 4 is 11.6 Å². The molecule has 0 atom stereocenters. The second kappa shape index (κ2) is 7.02. The van der Waals surface area contributed by atoms with Crippen LogP contribution in [-0.2, 0) is 18.3 Å². The third-order valence-corrected chi connectivity index (χ3v) is 3.40. The van der Waals surface area contributed by atoms with Crippen LogP contribution in [0.5, 0.6) is 11.8 Å². The van der Waals surface area contributed by atoms with Crippen molar-refractivity contribution in [3.05, 3.63) is 21.9 Å². The Hall–Kier alpha value is -3.04. The Morgan fingerprint density at radius 2 is 1.88 bits per heavy atom. The van der Waals surface area contributed by atoms with Crippen molar-refractivity contribution in [1.29, 1.82) is 0 Å². The SMILES string of the molecule is COc1nc(-c2ncc([N+](=O)[O-])n2C)nc(OC)c1CCC(C)=O. The smallest absolute Gasteiger partial charge is 0.343 e. The van der Waals surface area contributed by atoms with E-state index in [1.807, 2.05) is 0 Å². The van der Waals surface area contributed by atoms with Crippen LogP contribution in [0.3, 0.4) is 0 Å². The van der Waals surface area contributed by atoms with Crippen molar-refractivity contribution in [2.24, 2.45) is 7.05 Å². The van der Waals surface area contributed by atoms with Crippen LogP contribution < -0.4 is 9.47 Å². The fourth-order valence-corrected chi connectivity index (χ4v) is 2.17. The van der Waals surface area contributed by atoms with E-state index in [0.29, 0.717) is 18.4 Å². The molecule has 0 amide bonds. The van der Waals surface area contributed by atoms with Gasteiger partial charge in [0.1, 0.15) is 12.0 Å². The maximum atomic E-state index is 11.2. The number of rotatable bonds is 7. The van der Waals surface area contributed by atoms with Crippen molar-refractivity contribution in [2.75, 3.05) is 14.2 Å². The van der Waals surface area contributed by atoms with Crippen LogP contribution in [0.1, 0.15) is 18.9 Å². The molecule has 2 aromatic rings. The summed E-state index contributed by atoms with van der Waals surface area (Å²) in [6.07, 6.45) is 1.79. The second-order valence-electron chi connectivity index (χ2n) is 5.00. The van der Waals surface area contributed by atoms with Crippen LogP contribution in [0.4, 0.5) is 5.82 Å². The summed E-state index contributed by atoms with van der Waals surface area (Å²) in [7, 11) is 4.36. The first-order valence-electron chi connectivity index (χ1n) is 7.03. The molecule has 10 nitrogen and oxygen atoms in total. The molecular weight excluding hydrogens is 318 g/mol. The molecule has 2 aromatic heterocycles. The minimum atomic E-state index is -0.549. The van der Waals surface area contributed by atoms with E-state index in [2.05, 4.69) is 15.0 Å². The van der Waals surface area contributed by atoms with Crippen molar-refractivity contribution in [3.8, 4) is 23.4 Å². The number of carbonyl (C=O) groups excluding carboxylic acids is 1. The average Bonchev–Trinajstić information content (AvgIpc) is 2.93. The molecule has 0 saturated heterocycles. The number of nitrogens with zero attached hydrogens (tertiary/aromatic N) is 5. The molecule has 0 bridgehead atoms. The number of nitro groups is 1. The van der Waals surface area contributed by atoms with Crippen LogP contribution in [0, 0.1) is 10.1 Å². The van der Waals surface area contributed by atoms with Crippen LogP contribution >= 0.6 is 0 Å². The molecule has 2 heterocycles. The van der Waals surface area contributed by atoms with Crippen LogP contribution in [0.15, 0.2) is 6.20 Å². The lowest BCUT2D eigenvalue weighted by Gasteiger charge is -2.12. The van der Waals surface area contributed by atoms with E-state index in [1.54, 1.807) is 0 Å². The summed E-state index contributed by atoms with van der Waals surface area (Å²) < 4.78 is 11.8. The minimum absolute atomic E-state index is 0.0166. The van der Waals surface area contributed by atoms with Gasteiger partial charge < -0.3 is 24.4 Å². The van der Waals surface area contributed by atoms with Gasteiger partial charge in [0.05, 0.1) is 26.8 Å². The van der Waals surface area contributed by atoms with Crippen LogP contribution in [0.2, 0.25) is 0 Å². The zero-order valence-corrected chi connectivity index (χ0v) is 13.8. The number of hydrogen-bond donors (Lipinski definition) is 0. The molecule has 0 radical (unpaired) electrons. The summed E-state index contributed by atoms with van der Waals surface area (Å²) in [5.41, 5.74) is 0.558. The Bertz CT molecular complexity index is 761. The van der Waals surface area contributed by atoms with Gasteiger partial charge in [0.25, 0.3) is 5.82 Å². The molecule has 0 fully saturated rings. The molecule has 2 rings (SSSR count). The van der Waals surface area contributed by atoms with Gasteiger partial charge in [-0.25, -0.2) is 9.55 Å². The molecule has 128 valence electrons. The van der Waals surface area contributed by atoms with Gasteiger partial charge in [0, 0.05) is 6.42 Å². The fourth-order valence-electron chi connectivity index (χ4n) is 2.17. The highest BCUT2D eigenvalue weighted by atomic mass is 16.6. The summed E-state index contributed by atoms with van der Waals surface area (Å²) in [6, 6.07) is 0. The Morgan fingerprint density at radius 3 is 2.29 bits per heavy atom. The fraction of sp³-hybridized carbons (Fsp3) is 0.429. The zero-order valence-electron chi connectivity index (χ0n) is 13.8. The predicted molar refractivity (Wildman–Crippen MR) is 83.0 cm³/mol. The highest BCUT2D eigenvalue weighted by molar-refractivity contribution is 5.75. The number of methoxy groups -OCH3 is 2. The largest absolute Gasteiger partial charge is 0.481 e. The number of aromatic nitrogens is 4. The third-order valence-electron chi connectivity index (χ3n) is 3.40. The molecular formula is C14H17N5O5. The number of carbonyl (C=O) groups is 1. The van der Waals surface area contributed by atoms with E-state index in [4.69, 9.17) is 9.47 Å². The van der Waals surface area contributed by atoms with E-state index in [-0.39, 0.29) is 35.0 Å². The van der Waals surface area contributed by atoms with E-state index in [1.165, 1.54) is 32.8 Å². The lowest BCUT2D eigenvalue weighted by atomic mass is 10.1. The van der Waals surface area contributed by atoms with E-state index in [0.717, 1.165) is 6.20 Å². The summed E-state index contributed by atoms with van der Waals surface area (Å²) in [4.78, 5) is 34.1. The standard InChI is InChI=1S/C14H17N5O5/c1-8(20)5-6-9-13(23-3)16-11(17-14(9)24-4)12-15-7-10(18(12)2)19(21)22/h7H,5-6H2,1-4H3. The zero-order chi connectivity index (χ0) is 17.9. The number of imidazole rings is 1. The molecule has 0 aliphatic carbocycles. The molecule has 0 unspecified atom stereocenters. The average molecular weight is 335 g/mol. The first kappa shape index (κ1) is 17.3. The molecule has 0 aliphatic rings. The molecule has 24 heavy (non-hydrogen) atoms. The first-order chi connectivity index (χ1) is 11.4. The molecule has 0 saturated carbocycles. The third kappa shape index (κ3) is 3.31. The Kier molecular flexibility index (Phi) is 5.07. The van der Waals surface area contributed by atoms with Gasteiger partial charge in [-0.2, -0.15) is 9.97 Å². The Morgan fingerprint density at radius 1 is 1.29 bits per heavy atom. The molecule has 0 aliphatic heterocycles. The molecule has 0 spiro atoms. The van der Waals surface area contributed by atoms with Gasteiger partial charge >= 0.3 is 5.82 Å². The monoisotopic (exact) mass is 335 g/mol. The van der Waals surface area contributed by atoms with Gasteiger partial charge in [0.2, 0.25) is 17.6 Å². The van der Waals surface area contributed by atoms with E-state index >= 15 is 0 Å². The number of hydrogen-bond acceptors (Lipinski definition) is 8. The van der Waals surface area contributed by atoms with Crippen molar-refractivity contribution in [1.82, 2.24) is 19.5 Å². The number of ketones is 1. The highest BCUT2D eigenvalue weighted by Crippen LogP contribution is 2.30. The predicted octanol–water partition coefficient (Wildman–Crippen LogP) is 1.32. The van der Waals surface area contributed by atoms with Gasteiger partial charge in [-0.1, -0.05) is 0 Å². The highest BCUT2D eigenvalue weighted by Gasteiger charge is 2.24. The summed E-state index contributed by atoms with van der Waals surface area (Å²) in [5.74, 6) is 0.643. The quantitative estimate of drug-likeness (QED) is 0.548. The second-order valence-corrected chi connectivity index (χ2v) is 5.00. The van der Waals surface area contributed by atoms with E-state index in [9.17, 15) is 14.9 Å². The first-order valence-corrected chi connectivity index (χ1v) is 7.03.